The van der Waals surface area contributed by atoms with Gasteiger partial charge in [0.05, 0.1) is 10.5 Å². The molecule has 0 radical (unpaired) electrons. The van der Waals surface area contributed by atoms with E-state index in [4.69, 9.17) is 0 Å². The topological polar surface area (TPSA) is 46.2 Å². The highest BCUT2D eigenvalue weighted by atomic mass is 32.2. The minimum Gasteiger partial charge on any atom is -0.315 e. The Morgan fingerprint density at radius 1 is 1.18 bits per heavy atom. The van der Waals surface area contributed by atoms with Crippen molar-refractivity contribution in [2.45, 2.75) is 65.2 Å². The Morgan fingerprint density at radius 2 is 1.71 bits per heavy atom. The molecule has 0 saturated heterocycles. The van der Waals surface area contributed by atoms with Crippen molar-refractivity contribution in [3.63, 3.8) is 0 Å². The third-order valence-electron chi connectivity index (χ3n) is 3.12. The van der Waals surface area contributed by atoms with E-state index in [2.05, 4.69) is 26.1 Å². The molecule has 17 heavy (non-hydrogen) atoms. The SMILES string of the molecule is CCNC(C)CC(C)CCS(=O)(=O)C(C)(C)C. The molecule has 0 spiro atoms. The van der Waals surface area contributed by atoms with Gasteiger partial charge in [0.1, 0.15) is 0 Å². The first-order chi connectivity index (χ1) is 7.60. The van der Waals surface area contributed by atoms with E-state index in [-0.39, 0.29) is 0 Å². The van der Waals surface area contributed by atoms with Crippen LogP contribution in [0.25, 0.3) is 0 Å². The van der Waals surface area contributed by atoms with Crippen molar-refractivity contribution < 1.29 is 8.42 Å². The molecule has 2 atom stereocenters. The van der Waals surface area contributed by atoms with E-state index in [0.29, 0.717) is 17.7 Å². The van der Waals surface area contributed by atoms with Gasteiger partial charge in [0.2, 0.25) is 0 Å². The molecule has 2 unspecified atom stereocenters. The zero-order valence-electron chi connectivity index (χ0n) is 12.2. The van der Waals surface area contributed by atoms with Crippen LogP contribution in [0.15, 0.2) is 0 Å². The molecule has 0 rings (SSSR count). The predicted octanol–water partition coefficient (Wildman–Crippen LogP) is 2.61. The normalized spacial score (nSPS) is 16.8. The third-order valence-corrected chi connectivity index (χ3v) is 5.76. The lowest BCUT2D eigenvalue weighted by Crippen LogP contribution is -2.32. The van der Waals surface area contributed by atoms with E-state index >= 15 is 0 Å². The Hall–Kier alpha value is -0.0900. The van der Waals surface area contributed by atoms with Crippen LogP contribution in [0.5, 0.6) is 0 Å². The highest BCUT2D eigenvalue weighted by molar-refractivity contribution is 7.92. The largest absolute Gasteiger partial charge is 0.315 e. The van der Waals surface area contributed by atoms with Gasteiger partial charge in [0.15, 0.2) is 9.84 Å². The minimum atomic E-state index is -2.96. The summed E-state index contributed by atoms with van der Waals surface area (Å²) in [4.78, 5) is 0. The summed E-state index contributed by atoms with van der Waals surface area (Å²) >= 11 is 0. The van der Waals surface area contributed by atoms with Crippen molar-refractivity contribution in [2.75, 3.05) is 12.3 Å². The summed E-state index contributed by atoms with van der Waals surface area (Å²) in [6, 6.07) is 0.465. The molecule has 0 aliphatic heterocycles. The summed E-state index contributed by atoms with van der Waals surface area (Å²) in [7, 11) is -2.96. The molecule has 0 fully saturated rings. The molecule has 0 aromatic rings. The Balaban J connectivity index is 4.13. The number of hydrogen-bond acceptors (Lipinski definition) is 3. The molecule has 0 saturated carbocycles. The number of rotatable bonds is 7. The third kappa shape index (κ3) is 6.41. The smallest absolute Gasteiger partial charge is 0.155 e. The molecule has 3 nitrogen and oxygen atoms in total. The van der Waals surface area contributed by atoms with Crippen molar-refractivity contribution in [2.24, 2.45) is 5.92 Å². The van der Waals surface area contributed by atoms with Crippen LogP contribution in [0, 0.1) is 5.92 Å². The molecule has 0 bridgehead atoms. The summed E-state index contributed by atoms with van der Waals surface area (Å²) in [5.74, 6) is 0.748. The first kappa shape index (κ1) is 16.9. The van der Waals surface area contributed by atoms with Gasteiger partial charge in [-0.2, -0.15) is 0 Å². The maximum Gasteiger partial charge on any atom is 0.155 e. The molecule has 1 N–H and O–H groups in total. The molecule has 4 heteroatoms. The van der Waals surface area contributed by atoms with Gasteiger partial charge >= 0.3 is 0 Å². The molecule has 0 amide bonds. The summed E-state index contributed by atoms with van der Waals surface area (Å²) in [6.45, 7) is 12.7. The predicted molar refractivity (Wildman–Crippen MR) is 75.1 cm³/mol. The van der Waals surface area contributed by atoms with Gasteiger partial charge in [-0.1, -0.05) is 13.8 Å². The van der Waals surface area contributed by atoms with Gasteiger partial charge < -0.3 is 5.32 Å². The van der Waals surface area contributed by atoms with Crippen LogP contribution in [0.3, 0.4) is 0 Å². The highest BCUT2D eigenvalue weighted by Crippen LogP contribution is 2.20. The van der Waals surface area contributed by atoms with Gasteiger partial charge in [0.25, 0.3) is 0 Å². The van der Waals surface area contributed by atoms with E-state index in [0.717, 1.165) is 19.4 Å². The number of sulfone groups is 1. The molecule has 0 aliphatic carbocycles. The van der Waals surface area contributed by atoms with Crippen LogP contribution in [-0.2, 0) is 9.84 Å². The fourth-order valence-corrected chi connectivity index (χ4v) is 3.14. The summed E-state index contributed by atoms with van der Waals surface area (Å²) in [5, 5.41) is 3.35. The molecule has 0 aromatic carbocycles. The fraction of sp³-hybridized carbons (Fsp3) is 1.00. The number of hydrogen-bond donors (Lipinski definition) is 1. The van der Waals surface area contributed by atoms with E-state index in [1.165, 1.54) is 0 Å². The van der Waals surface area contributed by atoms with E-state index < -0.39 is 14.6 Å². The van der Waals surface area contributed by atoms with Gasteiger partial charge in [0, 0.05) is 6.04 Å². The number of nitrogens with one attached hydrogen (secondary N) is 1. The first-order valence-electron chi connectivity index (χ1n) is 6.55. The average molecular weight is 263 g/mol. The van der Waals surface area contributed by atoms with Crippen LogP contribution in [0.1, 0.15) is 54.4 Å². The van der Waals surface area contributed by atoms with Gasteiger partial charge in [-0.05, 0) is 53.0 Å². The van der Waals surface area contributed by atoms with E-state index in [1.807, 2.05) is 0 Å². The Kier molecular flexibility index (Phi) is 6.70. The Labute approximate surface area is 107 Å². The molecular weight excluding hydrogens is 234 g/mol. The molecule has 0 aliphatic rings. The van der Waals surface area contributed by atoms with Crippen molar-refractivity contribution in [1.82, 2.24) is 5.32 Å². The lowest BCUT2D eigenvalue weighted by atomic mass is 10.0. The zero-order chi connectivity index (χ0) is 13.7. The van der Waals surface area contributed by atoms with E-state index in [9.17, 15) is 8.42 Å². The fourth-order valence-electron chi connectivity index (χ4n) is 1.82. The van der Waals surface area contributed by atoms with Crippen molar-refractivity contribution in [1.29, 1.82) is 0 Å². The highest BCUT2D eigenvalue weighted by Gasteiger charge is 2.28. The zero-order valence-corrected chi connectivity index (χ0v) is 13.0. The van der Waals surface area contributed by atoms with Crippen molar-refractivity contribution in [3.8, 4) is 0 Å². The van der Waals surface area contributed by atoms with Gasteiger partial charge in [-0.25, -0.2) is 8.42 Å². The first-order valence-corrected chi connectivity index (χ1v) is 8.21. The maximum absolute atomic E-state index is 12.0. The van der Waals surface area contributed by atoms with Gasteiger partial charge in [-0.3, -0.25) is 0 Å². The summed E-state index contributed by atoms with van der Waals surface area (Å²) in [5.41, 5.74) is 0. The standard InChI is InChI=1S/C13H29NO2S/c1-7-14-12(3)10-11(2)8-9-17(15,16)13(4,5)6/h11-12,14H,7-10H2,1-6H3. The monoisotopic (exact) mass is 263 g/mol. The summed E-state index contributed by atoms with van der Waals surface area (Å²) < 4.78 is 23.3. The molecule has 0 heterocycles. The summed E-state index contributed by atoms with van der Waals surface area (Å²) in [6.07, 6.45) is 1.79. The maximum atomic E-state index is 12.0. The van der Waals surface area contributed by atoms with Crippen LogP contribution < -0.4 is 5.32 Å². The van der Waals surface area contributed by atoms with Gasteiger partial charge in [-0.15, -0.1) is 0 Å². The second-order valence-electron chi connectivity index (χ2n) is 6.02. The quantitative estimate of drug-likeness (QED) is 0.768. The second-order valence-corrected chi connectivity index (χ2v) is 8.88. The van der Waals surface area contributed by atoms with Crippen LogP contribution >= 0.6 is 0 Å². The molecular formula is C13H29NO2S. The lowest BCUT2D eigenvalue weighted by molar-refractivity contribution is 0.417. The Bertz CT molecular complexity index is 304. The lowest BCUT2D eigenvalue weighted by Gasteiger charge is -2.22. The second kappa shape index (κ2) is 6.74. The molecule has 0 aromatic heterocycles. The average Bonchev–Trinajstić information content (AvgIpc) is 2.13. The van der Waals surface area contributed by atoms with Crippen LogP contribution in [0.2, 0.25) is 0 Å². The van der Waals surface area contributed by atoms with Crippen LogP contribution in [-0.4, -0.2) is 31.5 Å². The van der Waals surface area contributed by atoms with E-state index in [1.54, 1.807) is 20.8 Å². The Morgan fingerprint density at radius 3 is 2.12 bits per heavy atom. The minimum absolute atomic E-state index is 0.302. The van der Waals surface area contributed by atoms with Crippen LogP contribution in [0.4, 0.5) is 0 Å². The van der Waals surface area contributed by atoms with Crippen molar-refractivity contribution >= 4 is 9.84 Å². The molecule has 104 valence electrons. The van der Waals surface area contributed by atoms with Crippen molar-refractivity contribution in [3.05, 3.63) is 0 Å².